The van der Waals surface area contributed by atoms with Gasteiger partial charge in [0.15, 0.2) is 5.89 Å². The number of benzene rings is 2. The average molecular weight is 461 g/mol. The van der Waals surface area contributed by atoms with Crippen molar-refractivity contribution in [1.82, 2.24) is 20.1 Å². The average Bonchev–Trinajstić information content (AvgIpc) is 3.51. The predicted molar refractivity (Wildman–Crippen MR) is 127 cm³/mol. The highest BCUT2D eigenvalue weighted by molar-refractivity contribution is 6.30. The monoisotopic (exact) mass is 460 g/mol. The van der Waals surface area contributed by atoms with Crippen molar-refractivity contribution in [1.29, 1.82) is 0 Å². The first-order chi connectivity index (χ1) is 16.0. The summed E-state index contributed by atoms with van der Waals surface area (Å²) >= 11 is 5.97. The molecule has 1 fully saturated rings. The molecule has 1 N–H and O–H groups in total. The number of aromatic nitrogens is 3. The lowest BCUT2D eigenvalue weighted by molar-refractivity contribution is 0.0692. The lowest BCUT2D eigenvalue weighted by Gasteiger charge is -2.30. The molecule has 7 heteroatoms. The molecule has 2 aromatic carbocycles. The Morgan fingerprint density at radius 2 is 1.97 bits per heavy atom. The van der Waals surface area contributed by atoms with Crippen molar-refractivity contribution in [3.63, 3.8) is 0 Å². The molecule has 0 bridgehead atoms. The quantitative estimate of drug-likeness (QED) is 0.418. The largest absolute Gasteiger partial charge is 0.445 e. The molecule has 0 aliphatic carbocycles. The van der Waals surface area contributed by atoms with Crippen LogP contribution in [0, 0.1) is 6.92 Å². The second kappa shape index (κ2) is 9.24. The fourth-order valence-electron chi connectivity index (χ4n) is 4.23. The van der Waals surface area contributed by atoms with Gasteiger partial charge in [0.2, 0.25) is 0 Å². The van der Waals surface area contributed by atoms with Crippen LogP contribution in [-0.4, -0.2) is 39.1 Å². The fourth-order valence-corrected chi connectivity index (χ4v) is 4.36. The van der Waals surface area contributed by atoms with Crippen LogP contribution in [0.3, 0.4) is 0 Å². The zero-order valence-corrected chi connectivity index (χ0v) is 19.2. The molecule has 0 unspecified atom stereocenters. The van der Waals surface area contributed by atoms with Gasteiger partial charge in [0.25, 0.3) is 5.91 Å². The van der Waals surface area contributed by atoms with Gasteiger partial charge >= 0.3 is 0 Å². The normalized spacial score (nSPS) is 16.2. The molecule has 1 aliphatic heterocycles. The highest BCUT2D eigenvalue weighted by Crippen LogP contribution is 2.28. The number of likely N-dealkylation sites (tertiary alicyclic amines) is 1. The Morgan fingerprint density at radius 3 is 2.76 bits per heavy atom. The third-order valence-electron chi connectivity index (χ3n) is 6.08. The molecule has 6 nitrogen and oxygen atoms in total. The van der Waals surface area contributed by atoms with Gasteiger partial charge in [-0.3, -0.25) is 9.89 Å². The number of hydrogen-bond acceptors (Lipinski definition) is 4. The number of carbonyl (C=O) groups is 1. The van der Waals surface area contributed by atoms with E-state index in [1.807, 2.05) is 66.4 Å². The minimum absolute atomic E-state index is 0.0431. The second-order valence-corrected chi connectivity index (χ2v) is 9.03. The van der Waals surface area contributed by atoms with Gasteiger partial charge in [-0.15, -0.1) is 0 Å². The summed E-state index contributed by atoms with van der Waals surface area (Å²) in [5.41, 5.74) is 4.56. The molecular formula is C26H25ClN4O2. The number of halogens is 1. The smallest absolute Gasteiger partial charge is 0.271 e. The van der Waals surface area contributed by atoms with Crippen molar-refractivity contribution in [3.05, 3.63) is 94.3 Å². The first kappa shape index (κ1) is 21.5. The van der Waals surface area contributed by atoms with E-state index in [9.17, 15) is 4.79 Å². The summed E-state index contributed by atoms with van der Waals surface area (Å²) in [6, 6.07) is 17.7. The van der Waals surface area contributed by atoms with E-state index in [2.05, 4.69) is 15.2 Å². The van der Waals surface area contributed by atoms with Gasteiger partial charge in [0, 0.05) is 30.1 Å². The van der Waals surface area contributed by atoms with Gasteiger partial charge in [-0.2, -0.15) is 5.10 Å². The van der Waals surface area contributed by atoms with Crippen molar-refractivity contribution in [3.8, 4) is 11.3 Å². The standard InChI is InChI=1S/C26H25ClN4O2/c1-17-4-8-19(9-5-17)23-14-24(30-29-23)26(32)31-12-2-3-20(16-31)25-28-15-22(33-25)13-18-6-10-21(27)11-7-18/h4-11,14-15,20H,2-3,12-13,16H2,1H3,(H,29,30)/t20-/m0/s1. The minimum Gasteiger partial charge on any atom is -0.445 e. The van der Waals surface area contributed by atoms with Crippen LogP contribution in [0.2, 0.25) is 5.02 Å². The van der Waals surface area contributed by atoms with Crippen LogP contribution in [0.15, 0.2) is 65.2 Å². The molecule has 2 aromatic heterocycles. The number of amides is 1. The summed E-state index contributed by atoms with van der Waals surface area (Å²) in [6.07, 6.45) is 4.30. The van der Waals surface area contributed by atoms with Crippen LogP contribution in [-0.2, 0) is 6.42 Å². The highest BCUT2D eigenvalue weighted by Gasteiger charge is 2.29. The Hall–Kier alpha value is -3.38. The maximum atomic E-state index is 13.1. The van der Waals surface area contributed by atoms with E-state index < -0.39 is 0 Å². The molecule has 1 saturated heterocycles. The van der Waals surface area contributed by atoms with E-state index in [-0.39, 0.29) is 11.8 Å². The minimum atomic E-state index is -0.0431. The third-order valence-corrected chi connectivity index (χ3v) is 6.33. The number of rotatable bonds is 5. The molecule has 1 atom stereocenters. The van der Waals surface area contributed by atoms with Gasteiger partial charge in [0.1, 0.15) is 11.5 Å². The van der Waals surface area contributed by atoms with Crippen molar-refractivity contribution < 1.29 is 9.21 Å². The molecular weight excluding hydrogens is 436 g/mol. The summed E-state index contributed by atoms with van der Waals surface area (Å²) in [4.78, 5) is 19.5. The van der Waals surface area contributed by atoms with Crippen LogP contribution in [0.5, 0.6) is 0 Å². The van der Waals surface area contributed by atoms with Gasteiger partial charge in [-0.1, -0.05) is 53.6 Å². The first-order valence-electron chi connectivity index (χ1n) is 11.2. The van der Waals surface area contributed by atoms with Crippen LogP contribution in [0.25, 0.3) is 11.3 Å². The summed E-state index contributed by atoms with van der Waals surface area (Å²) < 4.78 is 6.06. The zero-order valence-electron chi connectivity index (χ0n) is 18.4. The third kappa shape index (κ3) is 4.86. The van der Waals surface area contributed by atoms with Gasteiger partial charge in [-0.05, 0) is 43.5 Å². The van der Waals surface area contributed by atoms with Gasteiger partial charge < -0.3 is 9.32 Å². The van der Waals surface area contributed by atoms with Crippen LogP contribution < -0.4 is 0 Å². The molecule has 3 heterocycles. The number of hydrogen-bond donors (Lipinski definition) is 1. The molecule has 0 spiro atoms. The molecule has 0 saturated carbocycles. The number of carbonyl (C=O) groups excluding carboxylic acids is 1. The molecule has 168 valence electrons. The Kier molecular flexibility index (Phi) is 6.01. The summed E-state index contributed by atoms with van der Waals surface area (Å²) in [5, 5.41) is 7.98. The molecule has 1 amide bonds. The predicted octanol–water partition coefficient (Wildman–Crippen LogP) is 5.64. The van der Waals surface area contributed by atoms with Crippen molar-refractivity contribution in [2.24, 2.45) is 0 Å². The number of piperidine rings is 1. The lowest BCUT2D eigenvalue weighted by atomic mass is 9.97. The lowest BCUT2D eigenvalue weighted by Crippen LogP contribution is -2.39. The van der Waals surface area contributed by atoms with E-state index >= 15 is 0 Å². The topological polar surface area (TPSA) is 75.0 Å². The summed E-state index contributed by atoms with van der Waals surface area (Å²) in [6.45, 7) is 3.34. The fraction of sp³-hybridized carbons (Fsp3) is 0.269. The zero-order chi connectivity index (χ0) is 22.8. The summed E-state index contributed by atoms with van der Waals surface area (Å²) in [7, 11) is 0. The Balaban J connectivity index is 1.25. The van der Waals surface area contributed by atoms with Crippen molar-refractivity contribution >= 4 is 17.5 Å². The van der Waals surface area contributed by atoms with E-state index in [0.29, 0.717) is 36.1 Å². The van der Waals surface area contributed by atoms with E-state index in [4.69, 9.17) is 16.0 Å². The van der Waals surface area contributed by atoms with Crippen molar-refractivity contribution in [2.75, 3.05) is 13.1 Å². The van der Waals surface area contributed by atoms with Crippen LogP contribution >= 0.6 is 11.6 Å². The van der Waals surface area contributed by atoms with E-state index in [1.54, 1.807) is 6.20 Å². The van der Waals surface area contributed by atoms with Gasteiger partial charge in [0.05, 0.1) is 17.8 Å². The Bertz CT molecular complexity index is 1240. The molecule has 0 radical (unpaired) electrons. The summed E-state index contributed by atoms with van der Waals surface area (Å²) in [5.74, 6) is 1.55. The second-order valence-electron chi connectivity index (χ2n) is 8.59. The van der Waals surface area contributed by atoms with E-state index in [0.717, 1.165) is 35.4 Å². The number of H-pyrrole nitrogens is 1. The molecule has 4 aromatic rings. The molecule has 1 aliphatic rings. The maximum absolute atomic E-state index is 13.1. The van der Waals surface area contributed by atoms with Crippen LogP contribution in [0.1, 0.15) is 52.0 Å². The Labute approximate surface area is 197 Å². The van der Waals surface area contributed by atoms with Crippen LogP contribution in [0.4, 0.5) is 0 Å². The number of aromatic amines is 1. The van der Waals surface area contributed by atoms with E-state index in [1.165, 1.54) is 5.56 Å². The number of oxazole rings is 1. The van der Waals surface area contributed by atoms with Crippen molar-refractivity contribution in [2.45, 2.75) is 32.1 Å². The number of nitrogens with one attached hydrogen (secondary N) is 1. The Morgan fingerprint density at radius 1 is 1.18 bits per heavy atom. The maximum Gasteiger partial charge on any atom is 0.271 e. The molecule has 33 heavy (non-hydrogen) atoms. The first-order valence-corrected chi connectivity index (χ1v) is 11.5. The molecule has 5 rings (SSSR count). The highest BCUT2D eigenvalue weighted by atomic mass is 35.5. The number of nitrogens with zero attached hydrogens (tertiary/aromatic N) is 3. The number of aryl methyl sites for hydroxylation is 1. The van der Waals surface area contributed by atoms with Gasteiger partial charge in [-0.25, -0.2) is 4.98 Å². The SMILES string of the molecule is Cc1ccc(-c2cc(C(=O)N3CCC[C@H](c4ncc(Cc5ccc(Cl)cc5)o4)C3)[nH]n2)cc1.